The summed E-state index contributed by atoms with van der Waals surface area (Å²) in [6.45, 7) is 4.67. The van der Waals surface area contributed by atoms with Crippen LogP contribution in [0.4, 0.5) is 0 Å². The van der Waals surface area contributed by atoms with Crippen LogP contribution in [0, 0.1) is 11.8 Å². The van der Waals surface area contributed by atoms with E-state index in [9.17, 15) is 0 Å². The van der Waals surface area contributed by atoms with Crippen molar-refractivity contribution in [1.29, 1.82) is 0 Å². The Morgan fingerprint density at radius 1 is 1.11 bits per heavy atom. The molecule has 0 heterocycles. The molecule has 0 aromatic carbocycles. The van der Waals surface area contributed by atoms with Crippen molar-refractivity contribution >= 4 is 0 Å². The Kier molecular flexibility index (Phi) is 8.70. The summed E-state index contributed by atoms with van der Waals surface area (Å²) in [5, 5.41) is 0. The number of rotatable bonds is 9. The fourth-order valence-electron chi connectivity index (χ4n) is 3.45. The predicted molar refractivity (Wildman–Crippen MR) is 80.2 cm³/mol. The lowest BCUT2D eigenvalue weighted by Gasteiger charge is -2.33. The Balaban J connectivity index is 2.12. The first-order valence-electron chi connectivity index (χ1n) is 8.24. The molecule has 1 aliphatic rings. The van der Waals surface area contributed by atoms with Gasteiger partial charge in [0.2, 0.25) is 0 Å². The molecule has 18 heavy (non-hydrogen) atoms. The molecular weight excluding hydrogens is 220 g/mol. The molecule has 0 radical (unpaired) electrons. The van der Waals surface area contributed by atoms with Crippen LogP contribution < -0.4 is 11.3 Å². The van der Waals surface area contributed by atoms with Crippen molar-refractivity contribution in [2.75, 3.05) is 0 Å². The van der Waals surface area contributed by atoms with Crippen molar-refractivity contribution in [3.05, 3.63) is 0 Å². The van der Waals surface area contributed by atoms with Gasteiger partial charge in [-0.3, -0.25) is 11.3 Å². The molecule has 0 aromatic rings. The normalized spacial score (nSPS) is 26.2. The monoisotopic (exact) mass is 254 g/mol. The smallest absolute Gasteiger partial charge is 0.0238 e. The summed E-state index contributed by atoms with van der Waals surface area (Å²) in [6.07, 6.45) is 15.2. The molecule has 1 aliphatic carbocycles. The topological polar surface area (TPSA) is 38.0 Å². The van der Waals surface area contributed by atoms with Gasteiger partial charge in [-0.1, -0.05) is 65.2 Å². The van der Waals surface area contributed by atoms with Crippen molar-refractivity contribution in [3.8, 4) is 0 Å². The third kappa shape index (κ3) is 6.19. The maximum Gasteiger partial charge on any atom is 0.0238 e. The molecule has 3 atom stereocenters. The molecule has 3 unspecified atom stereocenters. The Morgan fingerprint density at radius 2 is 1.83 bits per heavy atom. The Morgan fingerprint density at radius 3 is 2.50 bits per heavy atom. The number of hydrogen-bond acceptors (Lipinski definition) is 2. The van der Waals surface area contributed by atoms with Crippen molar-refractivity contribution < 1.29 is 0 Å². The number of hydrazine groups is 1. The fourth-order valence-corrected chi connectivity index (χ4v) is 3.45. The molecule has 1 rings (SSSR count). The van der Waals surface area contributed by atoms with Gasteiger partial charge in [0.15, 0.2) is 0 Å². The highest BCUT2D eigenvalue weighted by atomic mass is 15.2. The number of nitrogens with two attached hydrogens (primary N) is 1. The first-order chi connectivity index (χ1) is 8.77. The molecule has 0 saturated heterocycles. The Hall–Kier alpha value is -0.0800. The standard InChI is InChI=1S/C16H34N2/c1-3-4-5-6-7-8-12-16(18-17)15-11-9-10-14(2)13-15/h14-16,18H,3-13,17H2,1-2H3. The van der Waals surface area contributed by atoms with Crippen LogP contribution in [0.25, 0.3) is 0 Å². The van der Waals surface area contributed by atoms with Crippen LogP contribution in [-0.2, 0) is 0 Å². The average molecular weight is 254 g/mol. The quantitative estimate of drug-likeness (QED) is 0.364. The van der Waals surface area contributed by atoms with Crippen LogP contribution in [0.1, 0.15) is 84.5 Å². The zero-order valence-electron chi connectivity index (χ0n) is 12.6. The highest BCUT2D eigenvalue weighted by Gasteiger charge is 2.25. The van der Waals surface area contributed by atoms with E-state index in [-0.39, 0.29) is 0 Å². The second kappa shape index (κ2) is 9.80. The average Bonchev–Trinajstić information content (AvgIpc) is 2.38. The minimum Gasteiger partial charge on any atom is -0.271 e. The lowest BCUT2D eigenvalue weighted by atomic mass is 9.77. The fraction of sp³-hybridized carbons (Fsp3) is 1.00. The van der Waals surface area contributed by atoms with Crippen LogP contribution in [0.3, 0.4) is 0 Å². The largest absolute Gasteiger partial charge is 0.271 e. The van der Waals surface area contributed by atoms with E-state index in [1.54, 1.807) is 0 Å². The lowest BCUT2D eigenvalue weighted by molar-refractivity contribution is 0.213. The van der Waals surface area contributed by atoms with Crippen LogP contribution in [0.15, 0.2) is 0 Å². The number of hydrogen-bond donors (Lipinski definition) is 2. The molecule has 3 N–H and O–H groups in total. The van der Waals surface area contributed by atoms with Crippen molar-refractivity contribution in [2.45, 2.75) is 90.5 Å². The lowest BCUT2D eigenvalue weighted by Crippen LogP contribution is -2.42. The van der Waals surface area contributed by atoms with Crippen LogP contribution >= 0.6 is 0 Å². The zero-order valence-corrected chi connectivity index (χ0v) is 12.6. The molecule has 0 spiro atoms. The highest BCUT2D eigenvalue weighted by molar-refractivity contribution is 4.80. The second-order valence-corrected chi connectivity index (χ2v) is 6.36. The SMILES string of the molecule is CCCCCCCCC(NN)C1CCCC(C)C1. The predicted octanol–water partition coefficient (Wildman–Crippen LogP) is 4.40. The van der Waals surface area contributed by atoms with Gasteiger partial charge in [0, 0.05) is 6.04 Å². The first kappa shape index (κ1) is 16.0. The van der Waals surface area contributed by atoms with E-state index in [2.05, 4.69) is 19.3 Å². The Labute approximate surface area is 114 Å². The van der Waals surface area contributed by atoms with Crippen LogP contribution in [0.2, 0.25) is 0 Å². The minimum absolute atomic E-state index is 0.568. The van der Waals surface area contributed by atoms with Gasteiger partial charge >= 0.3 is 0 Å². The molecule has 108 valence electrons. The summed E-state index contributed by atoms with van der Waals surface area (Å²) in [6, 6.07) is 0.568. The third-order valence-electron chi connectivity index (χ3n) is 4.63. The summed E-state index contributed by atoms with van der Waals surface area (Å²) in [7, 11) is 0. The van der Waals surface area contributed by atoms with E-state index in [0.29, 0.717) is 6.04 Å². The van der Waals surface area contributed by atoms with E-state index in [0.717, 1.165) is 11.8 Å². The van der Waals surface area contributed by atoms with E-state index >= 15 is 0 Å². The molecule has 0 bridgehead atoms. The van der Waals surface area contributed by atoms with Gasteiger partial charge in [-0.2, -0.15) is 0 Å². The molecule has 0 aliphatic heterocycles. The van der Waals surface area contributed by atoms with E-state index < -0.39 is 0 Å². The van der Waals surface area contributed by atoms with Crippen molar-refractivity contribution in [1.82, 2.24) is 5.43 Å². The molecule has 1 fully saturated rings. The Bertz CT molecular complexity index is 194. The van der Waals surface area contributed by atoms with Gasteiger partial charge in [-0.15, -0.1) is 0 Å². The number of nitrogens with one attached hydrogen (secondary N) is 1. The van der Waals surface area contributed by atoms with Gasteiger partial charge in [0.25, 0.3) is 0 Å². The summed E-state index contributed by atoms with van der Waals surface area (Å²) in [4.78, 5) is 0. The van der Waals surface area contributed by atoms with Gasteiger partial charge < -0.3 is 0 Å². The summed E-state index contributed by atoms with van der Waals surface area (Å²) in [5.41, 5.74) is 3.09. The molecule has 2 nitrogen and oxygen atoms in total. The van der Waals surface area contributed by atoms with E-state index in [1.165, 1.54) is 70.6 Å². The molecule has 0 aromatic heterocycles. The second-order valence-electron chi connectivity index (χ2n) is 6.36. The van der Waals surface area contributed by atoms with Crippen molar-refractivity contribution in [2.24, 2.45) is 17.7 Å². The zero-order chi connectivity index (χ0) is 13.2. The summed E-state index contributed by atoms with van der Waals surface area (Å²) < 4.78 is 0. The maximum atomic E-state index is 5.76. The van der Waals surface area contributed by atoms with Gasteiger partial charge in [0.05, 0.1) is 0 Å². The molecule has 2 heteroatoms. The van der Waals surface area contributed by atoms with Gasteiger partial charge in [-0.25, -0.2) is 0 Å². The third-order valence-corrected chi connectivity index (χ3v) is 4.63. The molecule has 1 saturated carbocycles. The van der Waals surface area contributed by atoms with Crippen LogP contribution in [-0.4, -0.2) is 6.04 Å². The van der Waals surface area contributed by atoms with Gasteiger partial charge in [-0.05, 0) is 31.1 Å². The van der Waals surface area contributed by atoms with E-state index in [1.807, 2.05) is 0 Å². The molecular formula is C16H34N2. The van der Waals surface area contributed by atoms with Crippen molar-refractivity contribution in [3.63, 3.8) is 0 Å². The summed E-state index contributed by atoms with van der Waals surface area (Å²) >= 11 is 0. The molecule has 0 amide bonds. The van der Waals surface area contributed by atoms with Gasteiger partial charge in [0.1, 0.15) is 0 Å². The highest BCUT2D eigenvalue weighted by Crippen LogP contribution is 2.32. The number of unbranched alkanes of at least 4 members (excludes halogenated alkanes) is 5. The van der Waals surface area contributed by atoms with Crippen LogP contribution in [0.5, 0.6) is 0 Å². The first-order valence-corrected chi connectivity index (χ1v) is 8.24. The van der Waals surface area contributed by atoms with E-state index in [4.69, 9.17) is 5.84 Å². The maximum absolute atomic E-state index is 5.76. The summed E-state index contributed by atoms with van der Waals surface area (Å²) in [5.74, 6) is 7.50. The minimum atomic E-state index is 0.568.